The lowest BCUT2D eigenvalue weighted by Gasteiger charge is -2.36. The van der Waals surface area contributed by atoms with Gasteiger partial charge in [-0.15, -0.1) is 0 Å². The van der Waals surface area contributed by atoms with Crippen molar-refractivity contribution in [3.05, 3.63) is 160 Å². The third kappa shape index (κ3) is 15.6. The van der Waals surface area contributed by atoms with Gasteiger partial charge in [0.1, 0.15) is 11.5 Å². The lowest BCUT2D eigenvalue weighted by Crippen LogP contribution is -2.50. The topological polar surface area (TPSA) is 270 Å². The molecular weight excluding hydrogens is 1200 g/mol. The molecule has 0 spiro atoms. The number of aryl methyl sites for hydroxylation is 6. The number of anilines is 2. The first-order chi connectivity index (χ1) is 41.1. The Labute approximate surface area is 515 Å². The van der Waals surface area contributed by atoms with Gasteiger partial charge in [-0.3, -0.25) is 0 Å². The van der Waals surface area contributed by atoms with Crippen LogP contribution >= 0.6 is 15.9 Å². The molecule has 10 aromatic rings. The van der Waals surface area contributed by atoms with Gasteiger partial charge in [0.15, 0.2) is 0 Å². The largest absolute Gasteiger partial charge is 0.494 e. The molecule has 24 heteroatoms. The van der Waals surface area contributed by atoms with Crippen molar-refractivity contribution in [1.29, 1.82) is 0 Å². The van der Waals surface area contributed by atoms with Gasteiger partial charge in [0, 0.05) is 110 Å². The minimum absolute atomic E-state index is 0.180. The molecule has 0 unspecified atom stereocenters. The van der Waals surface area contributed by atoms with Crippen LogP contribution in [0.15, 0.2) is 135 Å². The molecule has 0 saturated carbocycles. The summed E-state index contributed by atoms with van der Waals surface area (Å²) >= 11 is 2.14. The average Bonchev–Trinajstić information content (AvgIpc) is 1.87. The van der Waals surface area contributed by atoms with Gasteiger partial charge in [0.2, 0.25) is 11.9 Å². The standard InChI is InChI=1S/C31H34N6O.C26H28BrN5.C5H8BNO3.2O2S/c1-19-16-32-30(34-23-13-14-31(4,5)33-17-23)35-29(19)26-18-37(24-9-7-6-8-10-24)27-15-22(11-12-25(26)27)28-20(2)36-38-21(28)3;1-17-14-28-25(30-19-11-12-26(2,3)29-15-19)31-24(17)22-16-32(20-7-5-4-6-8-20)23-13-18(27)9-10-21(22)23;1-3-5(6(8)9)4(2)10-7-3;2*1-3-2/h6-12,15-16,18,23,33H,13-14,17H2,1-5H3,(H,32,34,35);4-10,13-14,16,19,29H,11-12,15H2,1-3H3,(H,28,30,31);8-9H,1-2H3;;/t23-;19-;;;/m00.../s1. The number of nitrogens with one attached hydrogen (secondary N) is 4. The summed E-state index contributed by atoms with van der Waals surface area (Å²) in [5.74, 6) is 2.63. The molecule has 2 fully saturated rings. The average molecular weight is 1270 g/mol. The molecule has 4 aromatic carbocycles. The third-order valence-electron chi connectivity index (χ3n) is 15.3. The molecule has 2 saturated heterocycles. The number of rotatable bonds is 10. The van der Waals surface area contributed by atoms with Crippen LogP contribution in [-0.4, -0.2) is 110 Å². The summed E-state index contributed by atoms with van der Waals surface area (Å²) in [5, 5.41) is 41.8. The highest BCUT2D eigenvalue weighted by Crippen LogP contribution is 2.39. The van der Waals surface area contributed by atoms with E-state index in [2.05, 4.69) is 210 Å². The van der Waals surface area contributed by atoms with Crippen molar-refractivity contribution in [3.8, 4) is 45.0 Å². The van der Waals surface area contributed by atoms with E-state index in [4.69, 9.17) is 41.4 Å². The molecule has 6 N–H and O–H groups in total. The highest BCUT2D eigenvalue weighted by atomic mass is 79.9. The van der Waals surface area contributed by atoms with E-state index in [-0.39, 0.29) is 11.1 Å². The molecule has 448 valence electrons. The molecule has 0 amide bonds. The van der Waals surface area contributed by atoms with Crippen molar-refractivity contribution in [2.75, 3.05) is 23.7 Å². The monoisotopic (exact) mass is 1260 g/mol. The van der Waals surface area contributed by atoms with E-state index in [1.165, 1.54) is 5.39 Å². The van der Waals surface area contributed by atoms with E-state index < -0.39 is 30.3 Å². The second-order valence-electron chi connectivity index (χ2n) is 22.6. The molecule has 2 atom stereocenters. The summed E-state index contributed by atoms with van der Waals surface area (Å²) in [6.45, 7) is 22.2. The predicted molar refractivity (Wildman–Crippen MR) is 342 cm³/mol. The van der Waals surface area contributed by atoms with Crippen molar-refractivity contribution < 1.29 is 35.9 Å². The smallest absolute Gasteiger partial charge is 0.423 e. The van der Waals surface area contributed by atoms with Crippen LogP contribution in [0.1, 0.15) is 87.4 Å². The van der Waals surface area contributed by atoms with E-state index in [0.717, 1.165) is 127 Å². The molecule has 0 radical (unpaired) electrons. The SMILES string of the molecule is Cc1cnc(N[C@H]2CCC(C)(C)NC2)nc1-c1cn(-c2ccccc2)c2cc(-c3c(C)noc3C)ccc12.Cc1cnc(N[C@H]2CCC(C)(C)NC2)nc1-c1cn(-c2ccccc2)c2cc(Br)ccc12.Cc1noc(C)c1B(O)O.O=S=O.O=S=O. The predicted octanol–water partition coefficient (Wildman–Crippen LogP) is 10.3. The minimum Gasteiger partial charge on any atom is -0.423 e. The van der Waals surface area contributed by atoms with Crippen LogP contribution in [0.25, 0.3) is 66.8 Å². The number of piperidine rings is 2. The van der Waals surface area contributed by atoms with Crippen LogP contribution in [0, 0.1) is 41.5 Å². The molecule has 2 aliphatic heterocycles. The van der Waals surface area contributed by atoms with Crippen molar-refractivity contribution in [2.45, 2.75) is 118 Å². The number of nitrogens with zero attached hydrogens (tertiary/aromatic N) is 8. The number of benzene rings is 4. The first-order valence-electron chi connectivity index (χ1n) is 28.0. The minimum atomic E-state index is -1.48. The fourth-order valence-corrected chi connectivity index (χ4v) is 11.1. The van der Waals surface area contributed by atoms with E-state index in [0.29, 0.717) is 40.9 Å². The zero-order valence-corrected chi connectivity index (χ0v) is 52.9. The summed E-state index contributed by atoms with van der Waals surface area (Å²) in [6, 6.07) is 34.5. The molecule has 6 aromatic heterocycles. The number of hydrogen-bond donors (Lipinski definition) is 6. The Kier molecular flexibility index (Phi) is 21.3. The van der Waals surface area contributed by atoms with E-state index in [1.807, 2.05) is 38.4 Å². The van der Waals surface area contributed by atoms with Crippen molar-refractivity contribution in [1.82, 2.24) is 50.0 Å². The van der Waals surface area contributed by atoms with Gasteiger partial charge >= 0.3 is 30.3 Å². The van der Waals surface area contributed by atoms with Crippen molar-refractivity contribution >= 4 is 85.4 Å². The number of para-hydroxylation sites is 2. The molecule has 2 aliphatic rings. The maximum atomic E-state index is 8.73. The first-order valence-corrected chi connectivity index (χ1v) is 30.1. The van der Waals surface area contributed by atoms with Crippen LogP contribution < -0.4 is 26.7 Å². The van der Waals surface area contributed by atoms with E-state index >= 15 is 0 Å². The number of halogens is 1. The number of fused-ring (bicyclic) bond motifs is 2. The lowest BCUT2D eigenvalue weighted by molar-refractivity contribution is 0.289. The number of hydrogen-bond acceptors (Lipinski definition) is 18. The fraction of sp³-hybridized carbons (Fsp3) is 0.323. The maximum Gasteiger partial charge on any atom is 0.494 e. The molecule has 8 heterocycles. The van der Waals surface area contributed by atoms with Crippen LogP contribution in [0.2, 0.25) is 0 Å². The number of aromatic nitrogens is 8. The van der Waals surface area contributed by atoms with Gasteiger partial charge in [0.05, 0.1) is 33.8 Å². The molecule has 0 bridgehead atoms. The Bertz CT molecular complexity index is 3960. The molecule has 20 nitrogen and oxygen atoms in total. The second-order valence-corrected chi connectivity index (χ2v) is 23.8. The first kappa shape index (κ1) is 64.2. The quantitative estimate of drug-likeness (QED) is 0.0695. The summed E-state index contributed by atoms with van der Waals surface area (Å²) in [5.41, 5.74) is 15.0. The highest BCUT2D eigenvalue weighted by molar-refractivity contribution is 9.10. The molecule has 86 heavy (non-hydrogen) atoms. The Morgan fingerprint density at radius 2 is 1.06 bits per heavy atom. The molecule has 12 rings (SSSR count). The van der Waals surface area contributed by atoms with Crippen molar-refractivity contribution in [2.24, 2.45) is 0 Å². The van der Waals surface area contributed by atoms with Gasteiger partial charge in [-0.1, -0.05) is 80.8 Å². The second kappa shape index (κ2) is 28.6. The van der Waals surface area contributed by atoms with E-state index in [9.17, 15) is 0 Å². The lowest BCUT2D eigenvalue weighted by atomic mass is 9.79. The van der Waals surface area contributed by atoms with Gasteiger partial charge in [-0.25, -0.2) is 19.9 Å². The highest BCUT2D eigenvalue weighted by Gasteiger charge is 2.29. The Balaban J connectivity index is 0.000000180. The normalized spacial score (nSPS) is 15.7. The third-order valence-corrected chi connectivity index (χ3v) is 15.8. The summed E-state index contributed by atoms with van der Waals surface area (Å²) in [7, 11) is -1.48. The van der Waals surface area contributed by atoms with Gasteiger partial charge < -0.3 is 49.5 Å². The summed E-state index contributed by atoms with van der Waals surface area (Å²) < 4.78 is 48.9. The van der Waals surface area contributed by atoms with Crippen LogP contribution in [0.4, 0.5) is 11.9 Å². The fourth-order valence-electron chi connectivity index (χ4n) is 10.7. The molecular formula is C62H70BBrN12O8S2. The van der Waals surface area contributed by atoms with Crippen molar-refractivity contribution in [3.63, 3.8) is 0 Å². The van der Waals surface area contributed by atoms with Crippen LogP contribution in [0.5, 0.6) is 0 Å². The Hall–Kier alpha value is -7.84. The zero-order valence-electron chi connectivity index (χ0n) is 49.6. The van der Waals surface area contributed by atoms with Gasteiger partial charge in [-0.05, 0) is 154 Å². The van der Waals surface area contributed by atoms with Gasteiger partial charge in [-0.2, -0.15) is 16.8 Å². The van der Waals surface area contributed by atoms with Gasteiger partial charge in [0.25, 0.3) is 0 Å². The van der Waals surface area contributed by atoms with Crippen LogP contribution in [0.3, 0.4) is 0 Å². The van der Waals surface area contributed by atoms with E-state index in [1.54, 1.807) is 13.8 Å². The van der Waals surface area contributed by atoms with Crippen LogP contribution in [-0.2, 0) is 23.1 Å². The Morgan fingerprint density at radius 3 is 1.45 bits per heavy atom. The Morgan fingerprint density at radius 1 is 0.616 bits per heavy atom. The zero-order chi connectivity index (χ0) is 61.9. The summed E-state index contributed by atoms with van der Waals surface area (Å²) in [6.07, 6.45) is 12.7. The summed E-state index contributed by atoms with van der Waals surface area (Å²) in [4.78, 5) is 19.2. The maximum absolute atomic E-state index is 8.73. The molecule has 0 aliphatic carbocycles.